The molecular weight excluding hydrogens is 176 g/mol. The zero-order valence-corrected chi connectivity index (χ0v) is 9.33. The third kappa shape index (κ3) is 2.27. The first-order valence-corrected chi connectivity index (χ1v) is 5.84. The summed E-state index contributed by atoms with van der Waals surface area (Å²) in [4.78, 5) is 2.67. The molecule has 1 unspecified atom stereocenters. The van der Waals surface area contributed by atoms with E-state index in [1.54, 1.807) is 0 Å². The summed E-state index contributed by atoms with van der Waals surface area (Å²) in [7, 11) is 0. The van der Waals surface area contributed by atoms with Crippen LogP contribution < -0.4 is 5.32 Å². The zero-order chi connectivity index (χ0) is 9.97. The molecule has 0 amide bonds. The molecule has 0 saturated carbocycles. The van der Waals surface area contributed by atoms with E-state index in [9.17, 15) is 0 Å². The van der Waals surface area contributed by atoms with Crippen LogP contribution in [0.1, 0.15) is 26.7 Å². The summed E-state index contributed by atoms with van der Waals surface area (Å²) in [6.07, 6.45) is 2.44. The van der Waals surface area contributed by atoms with E-state index in [2.05, 4.69) is 24.1 Å². The molecule has 0 spiro atoms. The molecule has 2 saturated heterocycles. The lowest BCUT2D eigenvalue weighted by atomic mass is 10.0. The number of ether oxygens (including phenoxy) is 1. The van der Waals surface area contributed by atoms with E-state index < -0.39 is 0 Å². The summed E-state index contributed by atoms with van der Waals surface area (Å²) in [6, 6.07) is 2.10. The van der Waals surface area contributed by atoms with Crippen LogP contribution in [0.25, 0.3) is 0 Å². The molecule has 2 heterocycles. The van der Waals surface area contributed by atoms with Crippen LogP contribution >= 0.6 is 0 Å². The molecule has 3 heteroatoms. The fraction of sp³-hybridized carbons (Fsp3) is 1.00. The van der Waals surface area contributed by atoms with Crippen molar-refractivity contribution in [3.05, 3.63) is 0 Å². The van der Waals surface area contributed by atoms with Gasteiger partial charge >= 0.3 is 0 Å². The van der Waals surface area contributed by atoms with Gasteiger partial charge in [0.2, 0.25) is 0 Å². The third-order valence-electron chi connectivity index (χ3n) is 3.47. The lowest BCUT2D eigenvalue weighted by molar-refractivity contribution is 0.00595. The maximum absolute atomic E-state index is 5.41. The highest BCUT2D eigenvalue weighted by molar-refractivity contribution is 4.86. The minimum atomic E-state index is 0.647. The first kappa shape index (κ1) is 10.4. The van der Waals surface area contributed by atoms with Gasteiger partial charge < -0.3 is 10.1 Å². The zero-order valence-electron chi connectivity index (χ0n) is 9.33. The van der Waals surface area contributed by atoms with Crippen molar-refractivity contribution in [3.63, 3.8) is 0 Å². The van der Waals surface area contributed by atoms with Crippen molar-refractivity contribution in [2.45, 2.75) is 44.8 Å². The maximum Gasteiger partial charge on any atom is 0.0480 e. The van der Waals surface area contributed by atoms with Crippen LogP contribution in [0.3, 0.4) is 0 Å². The molecule has 0 radical (unpaired) electrons. The van der Waals surface area contributed by atoms with Crippen LogP contribution in [-0.2, 0) is 4.74 Å². The standard InChI is InChI=1S/C11H22N2O/c1-9-8-13(10(2)7-12-9)11-3-5-14-6-4-11/h9-12H,3-8H2,1-2H3/t9?,10-/m1/s1. The Morgan fingerprint density at radius 1 is 1.21 bits per heavy atom. The van der Waals surface area contributed by atoms with Crippen LogP contribution in [-0.4, -0.2) is 49.3 Å². The van der Waals surface area contributed by atoms with Crippen molar-refractivity contribution in [2.24, 2.45) is 0 Å². The number of hydrogen-bond acceptors (Lipinski definition) is 3. The normalized spacial score (nSPS) is 37.3. The van der Waals surface area contributed by atoms with Crippen molar-refractivity contribution in [1.82, 2.24) is 10.2 Å². The Morgan fingerprint density at radius 2 is 1.93 bits per heavy atom. The Hall–Kier alpha value is -0.120. The van der Waals surface area contributed by atoms with Gasteiger partial charge in [-0.2, -0.15) is 0 Å². The molecule has 14 heavy (non-hydrogen) atoms. The quantitative estimate of drug-likeness (QED) is 0.676. The molecule has 0 bridgehead atoms. The predicted molar refractivity (Wildman–Crippen MR) is 57.5 cm³/mol. The summed E-state index contributed by atoms with van der Waals surface area (Å²) < 4.78 is 5.41. The highest BCUT2D eigenvalue weighted by atomic mass is 16.5. The molecule has 3 nitrogen and oxygen atoms in total. The topological polar surface area (TPSA) is 24.5 Å². The highest BCUT2D eigenvalue weighted by Crippen LogP contribution is 2.19. The minimum absolute atomic E-state index is 0.647. The van der Waals surface area contributed by atoms with Gasteiger partial charge in [0.1, 0.15) is 0 Å². The molecule has 0 aromatic carbocycles. The number of piperazine rings is 1. The third-order valence-corrected chi connectivity index (χ3v) is 3.47. The van der Waals surface area contributed by atoms with Gasteiger partial charge in [0.25, 0.3) is 0 Å². The first-order valence-electron chi connectivity index (χ1n) is 5.84. The molecule has 2 fully saturated rings. The van der Waals surface area contributed by atoms with Gasteiger partial charge in [-0.15, -0.1) is 0 Å². The van der Waals surface area contributed by atoms with Gasteiger partial charge in [-0.1, -0.05) is 0 Å². The van der Waals surface area contributed by atoms with Crippen molar-refractivity contribution < 1.29 is 4.74 Å². The van der Waals surface area contributed by atoms with Gasteiger partial charge in [-0.05, 0) is 26.7 Å². The van der Waals surface area contributed by atoms with Crippen LogP contribution in [0.4, 0.5) is 0 Å². The summed E-state index contributed by atoms with van der Waals surface area (Å²) in [6.45, 7) is 8.85. The summed E-state index contributed by atoms with van der Waals surface area (Å²) in [5, 5.41) is 3.53. The predicted octanol–water partition coefficient (Wildman–Crippen LogP) is 0.848. The number of nitrogens with zero attached hydrogens (tertiary/aromatic N) is 1. The molecule has 0 aliphatic carbocycles. The molecule has 2 atom stereocenters. The van der Waals surface area contributed by atoms with E-state index in [1.807, 2.05) is 0 Å². The van der Waals surface area contributed by atoms with Crippen LogP contribution in [0, 0.1) is 0 Å². The molecule has 0 aromatic rings. The monoisotopic (exact) mass is 198 g/mol. The Labute approximate surface area is 86.8 Å². The molecular formula is C11H22N2O. The molecule has 82 valence electrons. The Kier molecular flexibility index (Phi) is 3.42. The second-order valence-electron chi connectivity index (χ2n) is 4.70. The van der Waals surface area contributed by atoms with E-state index in [-0.39, 0.29) is 0 Å². The second kappa shape index (κ2) is 4.60. The van der Waals surface area contributed by atoms with Crippen LogP contribution in [0.5, 0.6) is 0 Å². The smallest absolute Gasteiger partial charge is 0.0480 e. The van der Waals surface area contributed by atoms with E-state index in [1.165, 1.54) is 19.4 Å². The van der Waals surface area contributed by atoms with Crippen molar-refractivity contribution in [1.29, 1.82) is 0 Å². The summed E-state index contributed by atoms with van der Waals surface area (Å²) in [5.74, 6) is 0. The number of nitrogens with one attached hydrogen (secondary N) is 1. The highest BCUT2D eigenvalue weighted by Gasteiger charge is 2.29. The van der Waals surface area contributed by atoms with E-state index in [4.69, 9.17) is 4.74 Å². The van der Waals surface area contributed by atoms with Gasteiger partial charge in [0, 0.05) is 44.4 Å². The number of hydrogen-bond donors (Lipinski definition) is 1. The van der Waals surface area contributed by atoms with Crippen LogP contribution in [0.15, 0.2) is 0 Å². The van der Waals surface area contributed by atoms with E-state index in [0.29, 0.717) is 12.1 Å². The van der Waals surface area contributed by atoms with Gasteiger partial charge in [0.05, 0.1) is 0 Å². The fourth-order valence-electron chi connectivity index (χ4n) is 2.58. The Balaban J connectivity index is 1.92. The number of rotatable bonds is 1. The largest absolute Gasteiger partial charge is 0.381 e. The van der Waals surface area contributed by atoms with Gasteiger partial charge in [-0.3, -0.25) is 4.90 Å². The molecule has 2 aliphatic rings. The van der Waals surface area contributed by atoms with Crippen LogP contribution in [0.2, 0.25) is 0 Å². The Morgan fingerprint density at radius 3 is 2.64 bits per heavy atom. The maximum atomic E-state index is 5.41. The van der Waals surface area contributed by atoms with Gasteiger partial charge in [0.15, 0.2) is 0 Å². The van der Waals surface area contributed by atoms with E-state index in [0.717, 1.165) is 25.8 Å². The molecule has 1 N–H and O–H groups in total. The summed E-state index contributed by atoms with van der Waals surface area (Å²) in [5.41, 5.74) is 0. The average Bonchev–Trinajstić information content (AvgIpc) is 2.23. The SMILES string of the molecule is CC1CN(C2CCOCC2)[C@H](C)CN1. The molecule has 2 aliphatic heterocycles. The second-order valence-corrected chi connectivity index (χ2v) is 4.70. The molecule has 0 aromatic heterocycles. The lowest BCUT2D eigenvalue weighted by Gasteiger charge is -2.43. The van der Waals surface area contributed by atoms with E-state index >= 15 is 0 Å². The Bertz CT molecular complexity index is 180. The lowest BCUT2D eigenvalue weighted by Crippen LogP contribution is -2.58. The minimum Gasteiger partial charge on any atom is -0.381 e. The van der Waals surface area contributed by atoms with Crippen molar-refractivity contribution in [3.8, 4) is 0 Å². The fourth-order valence-corrected chi connectivity index (χ4v) is 2.58. The van der Waals surface area contributed by atoms with Crippen molar-refractivity contribution in [2.75, 3.05) is 26.3 Å². The average molecular weight is 198 g/mol. The summed E-state index contributed by atoms with van der Waals surface area (Å²) >= 11 is 0. The molecule has 2 rings (SSSR count). The first-order chi connectivity index (χ1) is 6.77. The van der Waals surface area contributed by atoms with Crippen molar-refractivity contribution >= 4 is 0 Å². The van der Waals surface area contributed by atoms with Gasteiger partial charge in [-0.25, -0.2) is 0 Å².